The van der Waals surface area contributed by atoms with Crippen molar-refractivity contribution in [1.82, 2.24) is 0 Å². The molecule has 0 bridgehead atoms. The molecule has 0 aromatic heterocycles. The Bertz CT molecular complexity index is 792. The fourth-order valence-corrected chi connectivity index (χ4v) is 2.63. The molecule has 1 aliphatic rings. The van der Waals surface area contributed by atoms with Crippen molar-refractivity contribution in [2.75, 3.05) is 17.2 Å². The van der Waals surface area contributed by atoms with Crippen LogP contribution in [0.2, 0.25) is 0 Å². The smallest absolute Gasteiger partial charge is 0.231 e. The van der Waals surface area contributed by atoms with Crippen LogP contribution >= 0.6 is 0 Å². The zero-order valence-corrected chi connectivity index (χ0v) is 13.1. The molecular formula is C18H17FN2O3. The van der Waals surface area contributed by atoms with E-state index in [1.165, 1.54) is 25.1 Å². The van der Waals surface area contributed by atoms with Crippen LogP contribution in [0.4, 0.5) is 15.8 Å². The number of halogens is 1. The van der Waals surface area contributed by atoms with E-state index in [0.29, 0.717) is 12.1 Å². The third-order valence-electron chi connectivity index (χ3n) is 3.79. The number of hydrogen-bond donors (Lipinski definition) is 2. The summed E-state index contributed by atoms with van der Waals surface area (Å²) < 4.78 is 19.5. The van der Waals surface area contributed by atoms with Gasteiger partial charge in [0.05, 0.1) is 11.6 Å². The van der Waals surface area contributed by atoms with E-state index in [0.717, 1.165) is 11.3 Å². The van der Waals surface area contributed by atoms with Gasteiger partial charge in [-0.2, -0.15) is 0 Å². The molecule has 2 aromatic carbocycles. The van der Waals surface area contributed by atoms with Gasteiger partial charge in [-0.25, -0.2) is 4.39 Å². The van der Waals surface area contributed by atoms with Crippen molar-refractivity contribution in [1.29, 1.82) is 0 Å². The quantitative estimate of drug-likeness (QED) is 0.910. The van der Waals surface area contributed by atoms with Gasteiger partial charge in [-0.05, 0) is 36.2 Å². The second kappa shape index (κ2) is 6.70. The standard InChI is InChI=1S/C18H17FN2O3/c1-11(22)20-14-6-7-15(19)16(9-14)21-18(23)13-8-12-4-2-3-5-17(12)24-10-13/h2-7,9,13H,8,10H2,1H3,(H,20,22)(H,21,23). The normalized spacial score (nSPS) is 15.8. The molecule has 0 spiro atoms. The molecule has 2 aromatic rings. The lowest BCUT2D eigenvalue weighted by molar-refractivity contribution is -0.121. The van der Waals surface area contributed by atoms with Crippen LogP contribution in [0.15, 0.2) is 42.5 Å². The lowest BCUT2D eigenvalue weighted by atomic mass is 9.96. The molecule has 2 N–H and O–H groups in total. The summed E-state index contributed by atoms with van der Waals surface area (Å²) in [7, 11) is 0. The number of benzene rings is 2. The van der Waals surface area contributed by atoms with E-state index in [-0.39, 0.29) is 24.1 Å². The van der Waals surface area contributed by atoms with Gasteiger partial charge in [-0.3, -0.25) is 9.59 Å². The number of amides is 2. The van der Waals surface area contributed by atoms with E-state index in [1.54, 1.807) is 0 Å². The van der Waals surface area contributed by atoms with Crippen LogP contribution in [0, 0.1) is 11.7 Å². The Kier molecular flexibility index (Phi) is 4.46. The third kappa shape index (κ3) is 3.53. The van der Waals surface area contributed by atoms with Crippen molar-refractivity contribution >= 4 is 23.2 Å². The minimum Gasteiger partial charge on any atom is -0.492 e. The van der Waals surface area contributed by atoms with Gasteiger partial charge in [0.25, 0.3) is 0 Å². The first-order chi connectivity index (χ1) is 11.5. The Morgan fingerprint density at radius 1 is 1.17 bits per heavy atom. The number of carbonyl (C=O) groups excluding carboxylic acids is 2. The summed E-state index contributed by atoms with van der Waals surface area (Å²) in [5.41, 5.74) is 1.41. The molecule has 0 saturated carbocycles. The van der Waals surface area contributed by atoms with Crippen LogP contribution < -0.4 is 15.4 Å². The van der Waals surface area contributed by atoms with E-state index >= 15 is 0 Å². The number of nitrogens with one attached hydrogen (secondary N) is 2. The van der Waals surface area contributed by atoms with Crippen LogP contribution in [-0.4, -0.2) is 18.4 Å². The Morgan fingerprint density at radius 2 is 1.96 bits per heavy atom. The largest absolute Gasteiger partial charge is 0.492 e. The molecule has 124 valence electrons. The van der Waals surface area contributed by atoms with Crippen molar-refractivity contribution < 1.29 is 18.7 Å². The summed E-state index contributed by atoms with van der Waals surface area (Å²) in [6.07, 6.45) is 0.537. The molecule has 24 heavy (non-hydrogen) atoms. The van der Waals surface area contributed by atoms with Gasteiger partial charge in [-0.1, -0.05) is 18.2 Å². The van der Waals surface area contributed by atoms with E-state index in [2.05, 4.69) is 10.6 Å². The molecule has 5 nitrogen and oxygen atoms in total. The lowest BCUT2D eigenvalue weighted by Crippen LogP contribution is -2.32. The number of fused-ring (bicyclic) bond motifs is 1. The molecule has 6 heteroatoms. The number of para-hydroxylation sites is 1. The van der Waals surface area contributed by atoms with Gasteiger partial charge in [0.15, 0.2) is 0 Å². The molecule has 1 heterocycles. The van der Waals surface area contributed by atoms with Gasteiger partial charge in [0, 0.05) is 12.6 Å². The van der Waals surface area contributed by atoms with Crippen molar-refractivity contribution in [2.45, 2.75) is 13.3 Å². The topological polar surface area (TPSA) is 67.4 Å². The van der Waals surface area contributed by atoms with Crippen LogP contribution in [0.25, 0.3) is 0 Å². The fourth-order valence-electron chi connectivity index (χ4n) is 2.63. The highest BCUT2D eigenvalue weighted by Crippen LogP contribution is 2.28. The molecule has 1 unspecified atom stereocenters. The zero-order chi connectivity index (χ0) is 17.1. The molecule has 1 atom stereocenters. The Hall–Kier alpha value is -2.89. The van der Waals surface area contributed by atoms with Gasteiger partial charge in [-0.15, -0.1) is 0 Å². The maximum Gasteiger partial charge on any atom is 0.231 e. The first-order valence-electron chi connectivity index (χ1n) is 7.61. The lowest BCUT2D eigenvalue weighted by Gasteiger charge is -2.24. The first-order valence-corrected chi connectivity index (χ1v) is 7.61. The number of ether oxygens (including phenoxy) is 1. The summed E-state index contributed by atoms with van der Waals surface area (Å²) in [5, 5.41) is 5.14. The van der Waals surface area contributed by atoms with Crippen LogP contribution in [0.1, 0.15) is 12.5 Å². The zero-order valence-electron chi connectivity index (χ0n) is 13.1. The Morgan fingerprint density at radius 3 is 2.75 bits per heavy atom. The second-order valence-corrected chi connectivity index (χ2v) is 5.68. The third-order valence-corrected chi connectivity index (χ3v) is 3.79. The molecule has 1 aliphatic heterocycles. The average molecular weight is 328 g/mol. The molecule has 2 amide bonds. The second-order valence-electron chi connectivity index (χ2n) is 5.68. The minimum absolute atomic E-state index is 0.0325. The maximum atomic E-state index is 13.9. The molecular weight excluding hydrogens is 311 g/mol. The van der Waals surface area contributed by atoms with Crippen LogP contribution in [-0.2, 0) is 16.0 Å². The minimum atomic E-state index is -0.561. The van der Waals surface area contributed by atoms with E-state index in [1.807, 2.05) is 24.3 Å². The summed E-state index contributed by atoms with van der Waals surface area (Å²) in [4.78, 5) is 23.5. The monoisotopic (exact) mass is 328 g/mol. The highest BCUT2D eigenvalue weighted by molar-refractivity contribution is 5.95. The predicted molar refractivity (Wildman–Crippen MR) is 88.5 cm³/mol. The van der Waals surface area contributed by atoms with Gasteiger partial charge < -0.3 is 15.4 Å². The van der Waals surface area contributed by atoms with Crippen molar-refractivity contribution in [2.24, 2.45) is 5.92 Å². The fraction of sp³-hybridized carbons (Fsp3) is 0.222. The Balaban J connectivity index is 1.72. The average Bonchev–Trinajstić information content (AvgIpc) is 2.57. The van der Waals surface area contributed by atoms with E-state index in [4.69, 9.17) is 4.74 Å². The number of rotatable bonds is 3. The molecule has 0 aliphatic carbocycles. The number of carbonyl (C=O) groups is 2. The summed E-state index contributed by atoms with van der Waals surface area (Å²) >= 11 is 0. The SMILES string of the molecule is CC(=O)Nc1ccc(F)c(NC(=O)C2COc3ccccc3C2)c1. The summed E-state index contributed by atoms with van der Waals surface area (Å²) in [5.74, 6) is -0.766. The van der Waals surface area contributed by atoms with Crippen molar-refractivity contribution in [3.63, 3.8) is 0 Å². The van der Waals surface area contributed by atoms with Gasteiger partial charge in [0.2, 0.25) is 11.8 Å². The molecule has 0 radical (unpaired) electrons. The molecule has 3 rings (SSSR count). The predicted octanol–water partition coefficient (Wildman–Crippen LogP) is 2.97. The summed E-state index contributed by atoms with van der Waals surface area (Å²) in [6, 6.07) is 11.6. The first kappa shape index (κ1) is 16.0. The molecule has 0 fully saturated rings. The Labute approximate surface area is 138 Å². The van der Waals surface area contributed by atoms with Crippen LogP contribution in [0.3, 0.4) is 0 Å². The maximum absolute atomic E-state index is 13.9. The van der Waals surface area contributed by atoms with E-state index < -0.39 is 11.7 Å². The van der Waals surface area contributed by atoms with Gasteiger partial charge >= 0.3 is 0 Å². The van der Waals surface area contributed by atoms with Crippen molar-refractivity contribution in [3.05, 3.63) is 53.8 Å². The number of hydrogen-bond acceptors (Lipinski definition) is 3. The van der Waals surface area contributed by atoms with Gasteiger partial charge in [0.1, 0.15) is 18.2 Å². The van der Waals surface area contributed by atoms with Crippen LogP contribution in [0.5, 0.6) is 5.75 Å². The van der Waals surface area contributed by atoms with E-state index in [9.17, 15) is 14.0 Å². The summed E-state index contributed by atoms with van der Waals surface area (Å²) in [6.45, 7) is 1.61. The highest BCUT2D eigenvalue weighted by Gasteiger charge is 2.26. The highest BCUT2D eigenvalue weighted by atomic mass is 19.1. The van der Waals surface area contributed by atoms with Crippen molar-refractivity contribution in [3.8, 4) is 5.75 Å². The molecule has 0 saturated heterocycles. The number of anilines is 2.